The van der Waals surface area contributed by atoms with Crippen LogP contribution in [0.5, 0.6) is 0 Å². The maximum atomic E-state index is 13.3. The van der Waals surface area contributed by atoms with Gasteiger partial charge in [-0.2, -0.15) is 4.98 Å². The van der Waals surface area contributed by atoms with Crippen molar-refractivity contribution in [1.29, 1.82) is 0 Å². The second-order valence-electron chi connectivity index (χ2n) is 7.13. The van der Waals surface area contributed by atoms with E-state index < -0.39 is 5.54 Å². The number of carbonyl (C=O) groups excluding carboxylic acids is 2. The van der Waals surface area contributed by atoms with Gasteiger partial charge in [0, 0.05) is 12.7 Å². The molecule has 8 heteroatoms. The fourth-order valence-electron chi connectivity index (χ4n) is 3.69. The quantitative estimate of drug-likeness (QED) is 0.744. The summed E-state index contributed by atoms with van der Waals surface area (Å²) >= 11 is 0. The largest absolute Gasteiger partial charge is 0.367 e. The summed E-state index contributed by atoms with van der Waals surface area (Å²) in [7, 11) is 1.70. The van der Waals surface area contributed by atoms with E-state index in [0.717, 1.165) is 30.5 Å². The van der Waals surface area contributed by atoms with Gasteiger partial charge in [0.25, 0.3) is 0 Å². The molecule has 4 N–H and O–H groups in total. The number of carbonyl (C=O) groups is 2. The lowest BCUT2D eigenvalue weighted by atomic mass is 9.79. The molecule has 1 fully saturated rings. The molecule has 1 aromatic heterocycles. The van der Waals surface area contributed by atoms with Gasteiger partial charge in [-0.05, 0) is 31.4 Å². The minimum Gasteiger partial charge on any atom is -0.367 e. The van der Waals surface area contributed by atoms with Crippen molar-refractivity contribution < 1.29 is 9.59 Å². The fourth-order valence-corrected chi connectivity index (χ4v) is 3.69. The lowest BCUT2D eigenvalue weighted by molar-refractivity contribution is -0.145. The normalized spacial score (nSPS) is 15.9. The minimum absolute atomic E-state index is 0.0279. The third kappa shape index (κ3) is 3.94. The predicted octanol–water partition coefficient (Wildman–Crippen LogP) is 2.04. The van der Waals surface area contributed by atoms with E-state index in [1.54, 1.807) is 11.9 Å². The van der Waals surface area contributed by atoms with E-state index in [0.29, 0.717) is 18.7 Å². The zero-order valence-corrected chi connectivity index (χ0v) is 15.8. The van der Waals surface area contributed by atoms with Crippen LogP contribution >= 0.6 is 0 Å². The average molecular weight is 370 g/mol. The number of aromatic amines is 1. The Labute approximate surface area is 158 Å². The molecule has 0 radical (unpaired) electrons. The Balaban J connectivity index is 1.81. The van der Waals surface area contributed by atoms with Crippen LogP contribution in [0, 0.1) is 6.92 Å². The zero-order chi connectivity index (χ0) is 19.4. The number of likely N-dealkylation sites (N-methyl/N-ethyl adjacent to an activating group) is 1. The molecule has 0 unspecified atom stereocenters. The molecule has 1 saturated carbocycles. The van der Waals surface area contributed by atoms with Crippen molar-refractivity contribution in [3.63, 3.8) is 0 Å². The number of hydrogen-bond acceptors (Lipinski definition) is 5. The molecule has 0 aliphatic heterocycles. The van der Waals surface area contributed by atoms with Crippen molar-refractivity contribution in [2.75, 3.05) is 18.1 Å². The number of aromatic nitrogens is 3. The third-order valence-electron chi connectivity index (χ3n) is 5.38. The van der Waals surface area contributed by atoms with E-state index in [2.05, 4.69) is 20.5 Å². The highest BCUT2D eigenvalue weighted by atomic mass is 16.2. The summed E-state index contributed by atoms with van der Waals surface area (Å²) in [6, 6.07) is 7.65. The molecule has 0 spiro atoms. The SMILES string of the molecule is Cc1ccccc1NC(=O)C1(N(C)C(=O)Cc2nc(N)n[nH]2)CCCCC1. The zero-order valence-electron chi connectivity index (χ0n) is 15.8. The molecule has 3 rings (SSSR count). The van der Waals surface area contributed by atoms with Crippen LogP contribution in [0.25, 0.3) is 0 Å². The summed E-state index contributed by atoms with van der Waals surface area (Å²) in [5, 5.41) is 9.44. The van der Waals surface area contributed by atoms with Crippen LogP contribution in [0.1, 0.15) is 43.5 Å². The fraction of sp³-hybridized carbons (Fsp3) is 0.474. The van der Waals surface area contributed by atoms with Gasteiger partial charge in [-0.25, -0.2) is 0 Å². The Morgan fingerprint density at radius 1 is 1.26 bits per heavy atom. The van der Waals surface area contributed by atoms with E-state index in [1.165, 1.54) is 0 Å². The standard InChI is InChI=1S/C19H26N6O2/c1-13-8-4-5-9-14(13)21-17(27)19(10-6-3-7-11-19)25(2)16(26)12-15-22-18(20)24-23-15/h4-5,8-9H,3,6-7,10-12H2,1-2H3,(H,21,27)(H3,20,22,23,24). The predicted molar refractivity (Wildman–Crippen MR) is 103 cm³/mol. The Hall–Kier alpha value is -2.90. The lowest BCUT2D eigenvalue weighted by Gasteiger charge is -2.43. The van der Waals surface area contributed by atoms with Gasteiger partial charge in [-0.1, -0.05) is 37.5 Å². The first-order chi connectivity index (χ1) is 12.9. The lowest BCUT2D eigenvalue weighted by Crippen LogP contribution is -2.58. The number of aryl methyl sites for hydroxylation is 1. The van der Waals surface area contributed by atoms with Crippen LogP contribution < -0.4 is 11.1 Å². The smallest absolute Gasteiger partial charge is 0.250 e. The van der Waals surface area contributed by atoms with E-state index in [-0.39, 0.29) is 24.2 Å². The van der Waals surface area contributed by atoms with Gasteiger partial charge in [0.2, 0.25) is 17.8 Å². The number of benzene rings is 1. The Bertz CT molecular complexity index is 825. The Morgan fingerprint density at radius 3 is 2.59 bits per heavy atom. The maximum absolute atomic E-state index is 13.3. The number of H-pyrrole nitrogens is 1. The third-order valence-corrected chi connectivity index (χ3v) is 5.38. The molecule has 0 saturated heterocycles. The molecular formula is C19H26N6O2. The second kappa shape index (κ2) is 7.77. The molecule has 1 aromatic carbocycles. The van der Waals surface area contributed by atoms with E-state index in [1.807, 2.05) is 31.2 Å². The van der Waals surface area contributed by atoms with Crippen molar-refractivity contribution in [1.82, 2.24) is 20.1 Å². The Morgan fingerprint density at radius 2 is 1.96 bits per heavy atom. The van der Waals surface area contributed by atoms with Crippen LogP contribution in [0.15, 0.2) is 24.3 Å². The number of anilines is 2. The molecule has 144 valence electrons. The van der Waals surface area contributed by atoms with Gasteiger partial charge in [-0.3, -0.25) is 14.7 Å². The maximum Gasteiger partial charge on any atom is 0.250 e. The van der Waals surface area contributed by atoms with Crippen LogP contribution in [-0.4, -0.2) is 44.5 Å². The molecule has 2 aromatic rings. The number of para-hydroxylation sites is 1. The molecule has 0 bridgehead atoms. The summed E-state index contributed by atoms with van der Waals surface area (Å²) < 4.78 is 0. The number of nitrogens with two attached hydrogens (primary N) is 1. The first-order valence-corrected chi connectivity index (χ1v) is 9.23. The van der Waals surface area contributed by atoms with E-state index in [4.69, 9.17) is 5.73 Å². The number of hydrogen-bond donors (Lipinski definition) is 3. The van der Waals surface area contributed by atoms with Crippen LogP contribution in [0.4, 0.5) is 11.6 Å². The second-order valence-corrected chi connectivity index (χ2v) is 7.13. The van der Waals surface area contributed by atoms with Gasteiger partial charge in [0.15, 0.2) is 0 Å². The van der Waals surface area contributed by atoms with Crippen molar-refractivity contribution in [3.8, 4) is 0 Å². The van der Waals surface area contributed by atoms with Crippen LogP contribution in [0.3, 0.4) is 0 Å². The molecule has 0 atom stereocenters. The first-order valence-electron chi connectivity index (χ1n) is 9.23. The minimum atomic E-state index is -0.858. The molecule has 1 heterocycles. The highest BCUT2D eigenvalue weighted by Crippen LogP contribution is 2.35. The van der Waals surface area contributed by atoms with Gasteiger partial charge < -0.3 is 16.0 Å². The average Bonchev–Trinajstić information content (AvgIpc) is 3.08. The highest BCUT2D eigenvalue weighted by molar-refractivity contribution is 6.01. The summed E-state index contributed by atoms with van der Waals surface area (Å²) in [4.78, 5) is 31.7. The van der Waals surface area contributed by atoms with Crippen molar-refractivity contribution >= 4 is 23.5 Å². The molecular weight excluding hydrogens is 344 g/mol. The summed E-state index contributed by atoms with van der Waals surface area (Å²) in [5.74, 6) is 0.178. The number of nitrogens with zero attached hydrogens (tertiary/aromatic N) is 3. The number of rotatable bonds is 5. The molecule has 27 heavy (non-hydrogen) atoms. The highest BCUT2D eigenvalue weighted by Gasteiger charge is 2.45. The van der Waals surface area contributed by atoms with Crippen LogP contribution in [-0.2, 0) is 16.0 Å². The van der Waals surface area contributed by atoms with E-state index >= 15 is 0 Å². The van der Waals surface area contributed by atoms with Gasteiger partial charge >= 0.3 is 0 Å². The number of nitrogen functional groups attached to an aromatic ring is 1. The van der Waals surface area contributed by atoms with Gasteiger partial charge in [0.1, 0.15) is 11.4 Å². The summed E-state index contributed by atoms with van der Waals surface area (Å²) in [5.41, 5.74) is 6.41. The topological polar surface area (TPSA) is 117 Å². The van der Waals surface area contributed by atoms with Gasteiger partial charge in [0.05, 0.1) is 6.42 Å². The molecule has 2 amide bonds. The Kier molecular flexibility index (Phi) is 5.43. The molecule has 8 nitrogen and oxygen atoms in total. The number of nitrogens with one attached hydrogen (secondary N) is 2. The molecule has 1 aliphatic carbocycles. The van der Waals surface area contributed by atoms with Crippen molar-refractivity contribution in [2.45, 2.75) is 51.0 Å². The first kappa shape index (κ1) is 18.9. The summed E-state index contributed by atoms with van der Waals surface area (Å²) in [6.45, 7) is 1.95. The van der Waals surface area contributed by atoms with Crippen LogP contribution in [0.2, 0.25) is 0 Å². The van der Waals surface area contributed by atoms with Crippen molar-refractivity contribution in [2.24, 2.45) is 0 Å². The number of amides is 2. The van der Waals surface area contributed by atoms with Crippen molar-refractivity contribution in [3.05, 3.63) is 35.7 Å². The van der Waals surface area contributed by atoms with E-state index in [9.17, 15) is 9.59 Å². The summed E-state index contributed by atoms with van der Waals surface area (Å²) in [6.07, 6.45) is 4.21. The van der Waals surface area contributed by atoms with Gasteiger partial charge in [-0.15, -0.1) is 5.10 Å². The molecule has 1 aliphatic rings. The monoisotopic (exact) mass is 370 g/mol.